The van der Waals surface area contributed by atoms with E-state index in [4.69, 9.17) is 9.47 Å². The van der Waals surface area contributed by atoms with Crippen molar-refractivity contribution >= 4 is 23.4 Å². The van der Waals surface area contributed by atoms with Crippen molar-refractivity contribution in [2.75, 3.05) is 26.2 Å². The average molecular weight is 424 g/mol. The normalized spacial score (nSPS) is 14.5. The van der Waals surface area contributed by atoms with E-state index in [2.05, 4.69) is 16.0 Å². The number of hydrogen-bond donors (Lipinski definition) is 4. The fourth-order valence-electron chi connectivity index (χ4n) is 3.18. The maximum absolute atomic E-state index is 12.3. The lowest BCUT2D eigenvalue weighted by molar-refractivity contribution is -0.124. The first-order valence-corrected chi connectivity index (χ1v) is 9.38. The van der Waals surface area contributed by atoms with E-state index >= 15 is 0 Å². The SMILES string of the molecule is CN(C)C(=O)c1cccc(NC2=C(NCc3ccc4c(c3)OCO4)C(=O)NC2=O)c1O. The summed E-state index contributed by atoms with van der Waals surface area (Å²) in [5.41, 5.74) is 0.955. The number of phenolic OH excluding ortho intramolecular Hbond substituents is 1. The van der Waals surface area contributed by atoms with Gasteiger partial charge in [-0.15, -0.1) is 0 Å². The Morgan fingerprint density at radius 3 is 2.61 bits per heavy atom. The van der Waals surface area contributed by atoms with E-state index in [9.17, 15) is 19.5 Å². The molecule has 2 aliphatic rings. The first-order chi connectivity index (χ1) is 14.8. The second kappa shape index (κ2) is 7.90. The van der Waals surface area contributed by atoms with Crippen LogP contribution < -0.4 is 25.4 Å². The fourth-order valence-corrected chi connectivity index (χ4v) is 3.18. The second-order valence-corrected chi connectivity index (χ2v) is 7.10. The summed E-state index contributed by atoms with van der Waals surface area (Å²) in [5.74, 6) is -0.734. The van der Waals surface area contributed by atoms with E-state index < -0.39 is 17.7 Å². The third kappa shape index (κ3) is 3.82. The van der Waals surface area contributed by atoms with E-state index in [-0.39, 0.29) is 41.7 Å². The maximum Gasteiger partial charge on any atom is 0.276 e. The number of aromatic hydroxyl groups is 1. The lowest BCUT2D eigenvalue weighted by atomic mass is 10.1. The van der Waals surface area contributed by atoms with Gasteiger partial charge in [0.1, 0.15) is 11.4 Å². The molecule has 0 radical (unpaired) electrons. The molecule has 4 rings (SSSR count). The van der Waals surface area contributed by atoms with Crippen molar-refractivity contribution in [3.63, 3.8) is 0 Å². The topological polar surface area (TPSA) is 129 Å². The summed E-state index contributed by atoms with van der Waals surface area (Å²) < 4.78 is 10.6. The zero-order valence-corrected chi connectivity index (χ0v) is 16.8. The van der Waals surface area contributed by atoms with Crippen molar-refractivity contribution in [2.24, 2.45) is 0 Å². The molecule has 2 aromatic carbocycles. The van der Waals surface area contributed by atoms with Gasteiger partial charge in [-0.2, -0.15) is 0 Å². The molecule has 0 spiro atoms. The van der Waals surface area contributed by atoms with Gasteiger partial charge in [0, 0.05) is 20.6 Å². The Labute approximate surface area is 177 Å². The van der Waals surface area contributed by atoms with Gasteiger partial charge in [0.15, 0.2) is 17.2 Å². The zero-order valence-electron chi connectivity index (χ0n) is 16.8. The van der Waals surface area contributed by atoms with Gasteiger partial charge in [-0.25, -0.2) is 0 Å². The van der Waals surface area contributed by atoms with Crippen LogP contribution in [0, 0.1) is 0 Å². The molecule has 3 amide bonds. The maximum atomic E-state index is 12.3. The summed E-state index contributed by atoms with van der Waals surface area (Å²) >= 11 is 0. The highest BCUT2D eigenvalue weighted by atomic mass is 16.7. The molecular formula is C21H20N4O6. The van der Waals surface area contributed by atoms with Crippen LogP contribution >= 0.6 is 0 Å². The number of fused-ring (bicyclic) bond motifs is 1. The molecule has 0 aliphatic carbocycles. The Kier molecular flexibility index (Phi) is 5.12. The van der Waals surface area contributed by atoms with Crippen LogP contribution in [-0.2, 0) is 16.1 Å². The number of carbonyl (C=O) groups is 3. The summed E-state index contributed by atoms with van der Waals surface area (Å²) in [6, 6.07) is 9.88. The van der Waals surface area contributed by atoms with E-state index in [1.54, 1.807) is 32.3 Å². The molecule has 0 bridgehead atoms. The number of carbonyl (C=O) groups excluding carboxylic acids is 3. The minimum Gasteiger partial charge on any atom is -0.505 e. The van der Waals surface area contributed by atoms with Crippen LogP contribution in [0.2, 0.25) is 0 Å². The minimum absolute atomic E-state index is 0.0198. The van der Waals surface area contributed by atoms with Crippen LogP contribution in [0.25, 0.3) is 0 Å². The molecule has 10 heteroatoms. The van der Waals surface area contributed by atoms with Gasteiger partial charge in [-0.3, -0.25) is 19.7 Å². The molecule has 2 aromatic rings. The molecule has 2 heterocycles. The fraction of sp³-hybridized carbons (Fsp3) is 0.190. The molecule has 4 N–H and O–H groups in total. The number of hydrogen-bond acceptors (Lipinski definition) is 8. The monoisotopic (exact) mass is 424 g/mol. The number of nitrogens with zero attached hydrogens (tertiary/aromatic N) is 1. The van der Waals surface area contributed by atoms with Crippen LogP contribution in [-0.4, -0.2) is 48.6 Å². The summed E-state index contributed by atoms with van der Waals surface area (Å²) in [7, 11) is 3.12. The molecule has 2 aliphatic heterocycles. The highest BCUT2D eigenvalue weighted by Gasteiger charge is 2.31. The number of nitrogens with one attached hydrogen (secondary N) is 3. The number of anilines is 1. The van der Waals surface area contributed by atoms with Crippen LogP contribution in [0.15, 0.2) is 47.8 Å². The second-order valence-electron chi connectivity index (χ2n) is 7.10. The van der Waals surface area contributed by atoms with Gasteiger partial charge in [-0.1, -0.05) is 12.1 Å². The summed E-state index contributed by atoms with van der Waals surface area (Å²) in [6.45, 7) is 0.393. The Hall–Kier alpha value is -4.21. The number of amides is 3. The summed E-state index contributed by atoms with van der Waals surface area (Å²) in [5, 5.41) is 18.4. The molecule has 160 valence electrons. The smallest absolute Gasteiger partial charge is 0.276 e. The van der Waals surface area contributed by atoms with Crippen molar-refractivity contribution in [1.82, 2.24) is 15.5 Å². The van der Waals surface area contributed by atoms with Gasteiger partial charge in [-0.05, 0) is 29.8 Å². The van der Waals surface area contributed by atoms with Crippen LogP contribution in [0.3, 0.4) is 0 Å². The molecule has 0 aromatic heterocycles. The quantitative estimate of drug-likeness (QED) is 0.398. The van der Waals surface area contributed by atoms with Crippen molar-refractivity contribution < 1.29 is 29.0 Å². The van der Waals surface area contributed by atoms with Crippen molar-refractivity contribution in [2.45, 2.75) is 6.54 Å². The Bertz CT molecular complexity index is 1120. The third-order valence-electron chi connectivity index (χ3n) is 4.77. The number of rotatable bonds is 6. The van der Waals surface area contributed by atoms with Crippen LogP contribution in [0.1, 0.15) is 15.9 Å². The molecule has 0 saturated carbocycles. The van der Waals surface area contributed by atoms with Gasteiger partial charge in [0.05, 0.1) is 11.3 Å². The Balaban J connectivity index is 1.58. The predicted molar refractivity (Wildman–Crippen MR) is 109 cm³/mol. The van der Waals surface area contributed by atoms with E-state index in [0.29, 0.717) is 11.5 Å². The Morgan fingerprint density at radius 1 is 1.10 bits per heavy atom. The van der Waals surface area contributed by atoms with Crippen molar-refractivity contribution in [3.8, 4) is 17.2 Å². The standard InChI is InChI=1S/C21H20N4O6/c1-25(2)21(29)12-4-3-5-13(18(12)26)23-17-16(19(27)24-20(17)28)22-9-11-6-7-14-15(8-11)31-10-30-14/h3-8,26H,9-10H2,1-2H3,(H3,22,23,24,27,28). The first kappa shape index (κ1) is 20.1. The molecule has 0 fully saturated rings. The largest absolute Gasteiger partial charge is 0.505 e. The van der Waals surface area contributed by atoms with Crippen LogP contribution in [0.5, 0.6) is 17.2 Å². The number of ether oxygens (including phenoxy) is 2. The van der Waals surface area contributed by atoms with Gasteiger partial charge in [0.2, 0.25) is 6.79 Å². The van der Waals surface area contributed by atoms with Crippen molar-refractivity contribution in [3.05, 3.63) is 58.9 Å². The average Bonchev–Trinajstić information content (AvgIpc) is 3.31. The molecule has 0 atom stereocenters. The lowest BCUT2D eigenvalue weighted by Gasteiger charge is -2.15. The first-order valence-electron chi connectivity index (χ1n) is 9.38. The highest BCUT2D eigenvalue weighted by molar-refractivity contribution is 6.20. The zero-order chi connectivity index (χ0) is 22.1. The molecular weight excluding hydrogens is 404 g/mol. The van der Waals surface area contributed by atoms with Gasteiger partial charge in [0.25, 0.3) is 17.7 Å². The minimum atomic E-state index is -0.651. The van der Waals surface area contributed by atoms with E-state index in [1.807, 2.05) is 6.07 Å². The molecule has 0 unspecified atom stereocenters. The molecule has 0 saturated heterocycles. The van der Waals surface area contributed by atoms with E-state index in [0.717, 1.165) is 5.56 Å². The number of imide groups is 1. The molecule has 31 heavy (non-hydrogen) atoms. The Morgan fingerprint density at radius 2 is 1.84 bits per heavy atom. The lowest BCUT2D eigenvalue weighted by Crippen LogP contribution is -2.27. The summed E-state index contributed by atoms with van der Waals surface area (Å²) in [4.78, 5) is 38.2. The number of benzene rings is 2. The summed E-state index contributed by atoms with van der Waals surface area (Å²) in [6.07, 6.45) is 0. The molecule has 10 nitrogen and oxygen atoms in total. The number of para-hydroxylation sites is 1. The van der Waals surface area contributed by atoms with Crippen molar-refractivity contribution in [1.29, 1.82) is 0 Å². The third-order valence-corrected chi connectivity index (χ3v) is 4.77. The van der Waals surface area contributed by atoms with Gasteiger partial charge >= 0.3 is 0 Å². The van der Waals surface area contributed by atoms with Gasteiger partial charge < -0.3 is 30.1 Å². The predicted octanol–water partition coefficient (Wildman–Crippen LogP) is 0.892. The highest BCUT2D eigenvalue weighted by Crippen LogP contribution is 2.33. The van der Waals surface area contributed by atoms with Crippen LogP contribution in [0.4, 0.5) is 5.69 Å². The number of phenols is 1. The van der Waals surface area contributed by atoms with E-state index in [1.165, 1.54) is 17.0 Å².